The van der Waals surface area contributed by atoms with Gasteiger partial charge >= 0.3 is 0 Å². The summed E-state index contributed by atoms with van der Waals surface area (Å²) in [5.41, 5.74) is 2.89. The minimum absolute atomic E-state index is 0.180. The van der Waals surface area contributed by atoms with Crippen molar-refractivity contribution in [2.45, 2.75) is 13.0 Å². The summed E-state index contributed by atoms with van der Waals surface area (Å²) in [6.45, 7) is 0.270. The number of thiazole rings is 1. The van der Waals surface area contributed by atoms with E-state index in [2.05, 4.69) is 25.5 Å². The molecule has 0 radical (unpaired) electrons. The second-order valence-corrected chi connectivity index (χ2v) is 7.63. The highest BCUT2D eigenvalue weighted by atomic mass is 35.5. The molecule has 0 bridgehead atoms. The van der Waals surface area contributed by atoms with Crippen LogP contribution in [-0.4, -0.2) is 39.7 Å². The van der Waals surface area contributed by atoms with E-state index in [0.29, 0.717) is 22.8 Å². The largest absolute Gasteiger partial charge is 0.323 e. The fraction of sp³-hybridized carbons (Fsp3) is 0.188. The second kappa shape index (κ2) is 6.03. The molecule has 0 saturated heterocycles. The highest BCUT2D eigenvalue weighted by molar-refractivity contribution is 7.19. The van der Waals surface area contributed by atoms with Crippen LogP contribution < -0.4 is 5.56 Å². The molecule has 11 heteroatoms. The molecule has 2 N–H and O–H groups in total. The zero-order chi connectivity index (χ0) is 18.5. The van der Waals surface area contributed by atoms with Gasteiger partial charge in [-0.3, -0.25) is 15.0 Å². The van der Waals surface area contributed by atoms with E-state index in [1.807, 2.05) is 17.7 Å². The van der Waals surface area contributed by atoms with E-state index >= 15 is 0 Å². The molecule has 9 nitrogen and oxygen atoms in total. The van der Waals surface area contributed by atoms with E-state index in [-0.39, 0.29) is 12.1 Å². The Hall–Kier alpha value is -2.98. The van der Waals surface area contributed by atoms with Crippen LogP contribution in [0.2, 0.25) is 5.15 Å². The Morgan fingerprint density at radius 2 is 2.19 bits per heavy atom. The molecule has 0 atom stereocenters. The van der Waals surface area contributed by atoms with Crippen molar-refractivity contribution < 1.29 is 0 Å². The quantitative estimate of drug-likeness (QED) is 0.480. The van der Waals surface area contributed by atoms with Gasteiger partial charge in [0.15, 0.2) is 10.8 Å². The molecule has 0 aliphatic carbocycles. The molecule has 0 aliphatic rings. The number of hydrogen-bond donors (Lipinski definition) is 2. The van der Waals surface area contributed by atoms with E-state index < -0.39 is 0 Å². The van der Waals surface area contributed by atoms with E-state index in [0.717, 1.165) is 26.4 Å². The van der Waals surface area contributed by atoms with Crippen LogP contribution in [0.15, 0.2) is 29.3 Å². The van der Waals surface area contributed by atoms with Crippen molar-refractivity contribution in [3.63, 3.8) is 0 Å². The van der Waals surface area contributed by atoms with Crippen molar-refractivity contribution in [3.05, 3.63) is 56.4 Å². The molecule has 27 heavy (non-hydrogen) atoms. The van der Waals surface area contributed by atoms with Crippen molar-refractivity contribution in [3.8, 4) is 0 Å². The average molecular weight is 401 g/mol. The van der Waals surface area contributed by atoms with Crippen molar-refractivity contribution in [2.24, 2.45) is 7.05 Å². The highest BCUT2D eigenvalue weighted by Gasteiger charge is 2.18. The van der Waals surface area contributed by atoms with E-state index in [1.165, 1.54) is 4.68 Å². The summed E-state index contributed by atoms with van der Waals surface area (Å²) in [4.78, 5) is 17.7. The zero-order valence-corrected chi connectivity index (χ0v) is 15.7. The van der Waals surface area contributed by atoms with Gasteiger partial charge in [-0.1, -0.05) is 11.6 Å². The van der Waals surface area contributed by atoms with Gasteiger partial charge < -0.3 is 4.57 Å². The summed E-state index contributed by atoms with van der Waals surface area (Å²) in [6.07, 6.45) is 4.11. The summed E-state index contributed by atoms with van der Waals surface area (Å²) in [6, 6.07) is 3.60. The second-order valence-electron chi connectivity index (χ2n) is 6.16. The lowest BCUT2D eigenvalue weighted by molar-refractivity contribution is 0.631. The summed E-state index contributed by atoms with van der Waals surface area (Å²) in [5, 5.41) is 20.0. The molecule has 0 amide bonds. The van der Waals surface area contributed by atoms with Crippen LogP contribution in [0.5, 0.6) is 0 Å². The number of fused-ring (bicyclic) bond motifs is 3. The maximum Gasteiger partial charge on any atom is 0.291 e. The number of aromatic amines is 2. The molecule has 136 valence electrons. The zero-order valence-electron chi connectivity index (χ0n) is 14.1. The topological polar surface area (TPSA) is 110 Å². The molecule has 5 rings (SSSR count). The molecule has 5 heterocycles. The van der Waals surface area contributed by atoms with Gasteiger partial charge in [0.1, 0.15) is 10.5 Å². The van der Waals surface area contributed by atoms with Crippen LogP contribution in [0.25, 0.3) is 21.3 Å². The van der Waals surface area contributed by atoms with Gasteiger partial charge in [-0.25, -0.2) is 9.67 Å². The van der Waals surface area contributed by atoms with E-state index in [9.17, 15) is 4.79 Å². The lowest BCUT2D eigenvalue weighted by Crippen LogP contribution is -2.24. The fourth-order valence-electron chi connectivity index (χ4n) is 3.14. The SMILES string of the molecule is Cn1c2nc(Cc3ccn[nH]3)sc2c2cnn(Cc3cc(Cl)n[nH]3)c(=O)c21. The monoisotopic (exact) mass is 400 g/mol. The summed E-state index contributed by atoms with van der Waals surface area (Å²) in [7, 11) is 1.85. The van der Waals surface area contributed by atoms with Gasteiger partial charge in [-0.05, 0) is 6.07 Å². The Kier molecular flexibility index (Phi) is 3.62. The smallest absolute Gasteiger partial charge is 0.291 e. The molecule has 0 spiro atoms. The third-order valence-corrected chi connectivity index (χ3v) is 5.66. The number of nitrogens with one attached hydrogen (secondary N) is 2. The fourth-order valence-corrected chi connectivity index (χ4v) is 4.45. The number of nitrogens with zero attached hydrogens (tertiary/aromatic N) is 6. The number of rotatable bonds is 4. The average Bonchev–Trinajstić information content (AvgIpc) is 3.40. The van der Waals surface area contributed by atoms with Crippen LogP contribution in [-0.2, 0) is 20.0 Å². The van der Waals surface area contributed by atoms with Crippen LogP contribution >= 0.6 is 22.9 Å². The van der Waals surface area contributed by atoms with Crippen molar-refractivity contribution in [1.29, 1.82) is 0 Å². The third-order valence-electron chi connectivity index (χ3n) is 4.39. The minimum atomic E-state index is -0.180. The number of hydrogen-bond acceptors (Lipinski definition) is 6. The third kappa shape index (κ3) is 2.64. The Labute approximate surface area is 160 Å². The molecule has 0 aromatic carbocycles. The van der Waals surface area contributed by atoms with Crippen LogP contribution in [0.4, 0.5) is 0 Å². The molecule has 5 aromatic rings. The van der Waals surface area contributed by atoms with Crippen LogP contribution in [0.3, 0.4) is 0 Å². The van der Waals surface area contributed by atoms with Crippen LogP contribution in [0, 0.1) is 0 Å². The van der Waals surface area contributed by atoms with Gasteiger partial charge in [-0.15, -0.1) is 11.3 Å². The number of H-pyrrole nitrogens is 2. The van der Waals surface area contributed by atoms with E-state index in [1.54, 1.807) is 29.8 Å². The Balaban J connectivity index is 1.60. The normalized spacial score (nSPS) is 11.8. The molecular weight excluding hydrogens is 388 g/mol. The van der Waals surface area contributed by atoms with Gasteiger partial charge in [0, 0.05) is 36.8 Å². The molecular formula is C16H13ClN8OS. The van der Waals surface area contributed by atoms with Crippen molar-refractivity contribution in [2.75, 3.05) is 0 Å². The van der Waals surface area contributed by atoms with Gasteiger partial charge in [0.2, 0.25) is 0 Å². The Morgan fingerprint density at radius 1 is 1.30 bits per heavy atom. The van der Waals surface area contributed by atoms with Gasteiger partial charge in [0.05, 0.1) is 23.1 Å². The number of aryl methyl sites for hydroxylation is 1. The van der Waals surface area contributed by atoms with Crippen molar-refractivity contribution in [1.82, 2.24) is 39.7 Å². The molecule has 0 saturated carbocycles. The predicted molar refractivity (Wildman–Crippen MR) is 102 cm³/mol. The maximum absolute atomic E-state index is 12.9. The molecule has 5 aromatic heterocycles. The minimum Gasteiger partial charge on any atom is -0.323 e. The highest BCUT2D eigenvalue weighted by Crippen LogP contribution is 2.31. The van der Waals surface area contributed by atoms with Gasteiger partial charge in [0.25, 0.3) is 5.56 Å². The standard InChI is InChI=1S/C16H13ClN8OS/c1-24-13-10(6-19-25(16(13)26)7-9-4-11(17)23-22-9)14-15(24)20-12(27-14)5-8-2-3-18-21-8/h2-4,6H,5,7H2,1H3,(H,18,21)(H,22,23). The molecule has 0 fully saturated rings. The van der Waals surface area contributed by atoms with Crippen LogP contribution in [0.1, 0.15) is 16.4 Å². The first-order valence-electron chi connectivity index (χ1n) is 8.12. The first-order valence-corrected chi connectivity index (χ1v) is 9.31. The number of halogens is 1. The Morgan fingerprint density at radius 3 is 2.93 bits per heavy atom. The molecule has 0 aliphatic heterocycles. The Bertz CT molecular complexity index is 1330. The first kappa shape index (κ1) is 16.2. The maximum atomic E-state index is 12.9. The first-order chi connectivity index (χ1) is 13.1. The van der Waals surface area contributed by atoms with E-state index in [4.69, 9.17) is 16.6 Å². The van der Waals surface area contributed by atoms with Crippen molar-refractivity contribution >= 4 is 44.2 Å². The summed E-state index contributed by atoms with van der Waals surface area (Å²) in [5.74, 6) is 0. The van der Waals surface area contributed by atoms with Gasteiger partial charge in [-0.2, -0.15) is 15.3 Å². The summed E-state index contributed by atoms with van der Waals surface area (Å²) < 4.78 is 4.18. The summed E-state index contributed by atoms with van der Waals surface area (Å²) >= 11 is 7.39. The predicted octanol–water partition coefficient (Wildman–Crippen LogP) is 2.08. The lowest BCUT2D eigenvalue weighted by Gasteiger charge is -2.03. The molecule has 0 unspecified atom stereocenters. The lowest BCUT2D eigenvalue weighted by atomic mass is 10.3. The number of aromatic nitrogens is 8.